The summed E-state index contributed by atoms with van der Waals surface area (Å²) < 4.78 is 31.2. The molecule has 12 nitrogen and oxygen atoms in total. The van der Waals surface area contributed by atoms with Crippen molar-refractivity contribution in [1.29, 1.82) is 0 Å². The lowest BCUT2D eigenvalue weighted by molar-refractivity contribution is -0.384. The fourth-order valence-corrected chi connectivity index (χ4v) is 4.76. The zero-order valence-electron chi connectivity index (χ0n) is 19.5. The molecule has 0 fully saturated rings. The van der Waals surface area contributed by atoms with Crippen LogP contribution in [0.5, 0.6) is 0 Å². The SMILES string of the molecule is Cc1c(N2CCn3cc(C(=O)O)nc3C2)c([N+](=O)[O-])cc2c(=O)c(C(=O)O)cn(-c3ccc(F)cc3F)c12. The van der Waals surface area contributed by atoms with Crippen molar-refractivity contribution >= 4 is 34.2 Å². The Hall–Kier alpha value is -5.14. The highest BCUT2D eigenvalue weighted by atomic mass is 19.1. The first-order chi connectivity index (χ1) is 18.0. The minimum absolute atomic E-state index is 0.00810. The van der Waals surface area contributed by atoms with Crippen molar-refractivity contribution in [2.75, 3.05) is 11.4 Å². The number of nitro groups is 1. The highest BCUT2D eigenvalue weighted by molar-refractivity contribution is 5.98. The van der Waals surface area contributed by atoms with E-state index in [4.69, 9.17) is 0 Å². The van der Waals surface area contributed by atoms with Crippen molar-refractivity contribution < 1.29 is 33.5 Å². The van der Waals surface area contributed by atoms with Crippen LogP contribution in [0.25, 0.3) is 16.6 Å². The lowest BCUT2D eigenvalue weighted by Gasteiger charge is -2.31. The molecule has 2 N–H and O–H groups in total. The third-order valence-electron chi connectivity index (χ3n) is 6.41. The Kier molecular flexibility index (Phi) is 5.66. The topological polar surface area (TPSA) is 161 Å². The van der Waals surface area contributed by atoms with Gasteiger partial charge in [-0.15, -0.1) is 0 Å². The van der Waals surface area contributed by atoms with Crippen LogP contribution in [0.3, 0.4) is 0 Å². The highest BCUT2D eigenvalue weighted by Crippen LogP contribution is 2.39. The number of hydrogen-bond acceptors (Lipinski definition) is 7. The molecule has 1 aliphatic heterocycles. The molecule has 0 unspecified atom stereocenters. The largest absolute Gasteiger partial charge is 0.477 e. The molecule has 0 saturated heterocycles. The van der Waals surface area contributed by atoms with Crippen LogP contribution >= 0.6 is 0 Å². The third-order valence-corrected chi connectivity index (χ3v) is 6.41. The van der Waals surface area contributed by atoms with Crippen LogP contribution in [0.15, 0.2) is 41.5 Å². The molecule has 0 aliphatic carbocycles. The van der Waals surface area contributed by atoms with Crippen LogP contribution in [-0.2, 0) is 13.1 Å². The molecule has 0 radical (unpaired) electrons. The monoisotopic (exact) mass is 525 g/mol. The van der Waals surface area contributed by atoms with Gasteiger partial charge in [0.1, 0.15) is 28.7 Å². The molecular formula is C24H17F2N5O7. The summed E-state index contributed by atoms with van der Waals surface area (Å²) in [4.78, 5) is 53.3. The van der Waals surface area contributed by atoms with E-state index < -0.39 is 45.2 Å². The first kappa shape index (κ1) is 24.5. The van der Waals surface area contributed by atoms with E-state index in [2.05, 4.69) is 4.98 Å². The van der Waals surface area contributed by atoms with Gasteiger partial charge in [-0.3, -0.25) is 14.9 Å². The van der Waals surface area contributed by atoms with Gasteiger partial charge >= 0.3 is 11.9 Å². The van der Waals surface area contributed by atoms with E-state index in [9.17, 15) is 43.5 Å². The van der Waals surface area contributed by atoms with E-state index in [1.54, 1.807) is 9.47 Å². The van der Waals surface area contributed by atoms with Crippen molar-refractivity contribution in [1.82, 2.24) is 14.1 Å². The number of rotatable bonds is 5. The Bertz CT molecular complexity index is 1760. The molecule has 2 aromatic carbocycles. The molecule has 0 bridgehead atoms. The number of nitrogens with zero attached hydrogens (tertiary/aromatic N) is 5. The fourth-order valence-electron chi connectivity index (χ4n) is 4.76. The molecule has 0 spiro atoms. The van der Waals surface area contributed by atoms with Crippen molar-refractivity contribution in [3.63, 3.8) is 0 Å². The Balaban J connectivity index is 1.82. The summed E-state index contributed by atoms with van der Waals surface area (Å²) in [5, 5.41) is 30.6. The van der Waals surface area contributed by atoms with Crippen molar-refractivity contribution in [3.8, 4) is 5.69 Å². The van der Waals surface area contributed by atoms with Crippen LogP contribution < -0.4 is 10.3 Å². The molecule has 2 aromatic heterocycles. The lowest BCUT2D eigenvalue weighted by Crippen LogP contribution is -2.34. The summed E-state index contributed by atoms with van der Waals surface area (Å²) in [6, 6.07) is 3.54. The van der Waals surface area contributed by atoms with Crippen LogP contribution in [0.2, 0.25) is 0 Å². The Morgan fingerprint density at radius 2 is 1.84 bits per heavy atom. The Labute approximate surface area is 210 Å². The van der Waals surface area contributed by atoms with Gasteiger partial charge in [-0.1, -0.05) is 0 Å². The number of anilines is 1. The van der Waals surface area contributed by atoms with E-state index in [-0.39, 0.29) is 53.2 Å². The summed E-state index contributed by atoms with van der Waals surface area (Å²) in [7, 11) is 0. The number of hydrogen-bond donors (Lipinski definition) is 2. The maximum absolute atomic E-state index is 14.9. The first-order valence-corrected chi connectivity index (χ1v) is 11.1. The van der Waals surface area contributed by atoms with E-state index in [0.29, 0.717) is 11.9 Å². The number of fused-ring (bicyclic) bond motifs is 2. The molecule has 1 aliphatic rings. The van der Waals surface area contributed by atoms with Gasteiger partial charge in [-0.25, -0.2) is 23.4 Å². The molecule has 4 aromatic rings. The number of nitro benzene ring substituents is 1. The van der Waals surface area contributed by atoms with E-state index >= 15 is 0 Å². The summed E-state index contributed by atoms with van der Waals surface area (Å²) >= 11 is 0. The fraction of sp³-hybridized carbons (Fsp3) is 0.167. The molecule has 3 heterocycles. The van der Waals surface area contributed by atoms with Crippen molar-refractivity contribution in [2.24, 2.45) is 0 Å². The summed E-state index contributed by atoms with van der Waals surface area (Å²) in [5.74, 6) is -4.45. The number of pyridine rings is 1. The summed E-state index contributed by atoms with van der Waals surface area (Å²) in [5.41, 5.74) is -2.52. The second-order valence-electron chi connectivity index (χ2n) is 8.63. The number of halogens is 2. The predicted octanol–water partition coefficient (Wildman–Crippen LogP) is 3.10. The number of carboxylic acid groups (broad SMARTS) is 2. The molecular weight excluding hydrogens is 508 g/mol. The van der Waals surface area contributed by atoms with E-state index in [1.807, 2.05) is 0 Å². The average molecular weight is 525 g/mol. The van der Waals surface area contributed by atoms with Crippen LogP contribution in [0.1, 0.15) is 32.2 Å². The number of benzene rings is 2. The minimum atomic E-state index is -1.63. The van der Waals surface area contributed by atoms with Gasteiger partial charge in [0.2, 0.25) is 5.43 Å². The number of carbonyl (C=O) groups is 2. The Morgan fingerprint density at radius 1 is 1.11 bits per heavy atom. The van der Waals surface area contributed by atoms with Gasteiger partial charge in [0.15, 0.2) is 5.69 Å². The highest BCUT2D eigenvalue weighted by Gasteiger charge is 2.31. The first-order valence-electron chi connectivity index (χ1n) is 11.1. The summed E-state index contributed by atoms with van der Waals surface area (Å²) in [6.07, 6.45) is 2.26. The molecule has 194 valence electrons. The number of aromatic nitrogens is 3. The van der Waals surface area contributed by atoms with Gasteiger partial charge in [0, 0.05) is 43.2 Å². The average Bonchev–Trinajstić information content (AvgIpc) is 3.28. The second kappa shape index (κ2) is 8.76. The zero-order valence-corrected chi connectivity index (χ0v) is 19.5. The number of carboxylic acids is 2. The maximum Gasteiger partial charge on any atom is 0.356 e. The van der Waals surface area contributed by atoms with Gasteiger partial charge in [0.25, 0.3) is 5.69 Å². The molecule has 0 amide bonds. The normalized spacial score (nSPS) is 13.0. The van der Waals surface area contributed by atoms with Crippen LogP contribution in [0, 0.1) is 28.7 Å². The standard InChI is InChI=1S/C24H17F2N5O7/c1-11-20-13(22(32)14(23(33)34)8-30(20)17-3-2-12(25)6-15(17)26)7-18(31(37)38)21(11)29-5-4-28-9-16(24(35)36)27-19(28)10-29/h2-3,6-9H,4-5,10H2,1H3,(H,33,34)(H,35,36). The van der Waals surface area contributed by atoms with Gasteiger partial charge in [0.05, 0.1) is 28.1 Å². The predicted molar refractivity (Wildman–Crippen MR) is 128 cm³/mol. The molecule has 38 heavy (non-hydrogen) atoms. The number of aromatic carboxylic acids is 2. The summed E-state index contributed by atoms with van der Waals surface area (Å²) in [6.45, 7) is 1.91. The van der Waals surface area contributed by atoms with Crippen molar-refractivity contribution in [2.45, 2.75) is 20.0 Å². The van der Waals surface area contributed by atoms with Gasteiger partial charge in [-0.2, -0.15) is 0 Å². The number of imidazole rings is 1. The quantitative estimate of drug-likeness (QED) is 0.295. The molecule has 0 saturated carbocycles. The molecule has 0 atom stereocenters. The zero-order chi connectivity index (χ0) is 27.5. The lowest BCUT2D eigenvalue weighted by atomic mass is 10.0. The van der Waals surface area contributed by atoms with Crippen LogP contribution in [-0.4, -0.2) is 47.7 Å². The number of aryl methyl sites for hydroxylation is 1. The smallest absolute Gasteiger partial charge is 0.356 e. The van der Waals surface area contributed by atoms with Gasteiger partial charge < -0.3 is 24.2 Å². The Morgan fingerprint density at radius 3 is 2.47 bits per heavy atom. The van der Waals surface area contributed by atoms with E-state index in [0.717, 1.165) is 29.0 Å². The third kappa shape index (κ3) is 3.82. The van der Waals surface area contributed by atoms with E-state index in [1.165, 1.54) is 13.1 Å². The maximum atomic E-state index is 14.9. The van der Waals surface area contributed by atoms with Gasteiger partial charge in [-0.05, 0) is 19.1 Å². The van der Waals surface area contributed by atoms with Crippen molar-refractivity contribution in [3.05, 3.63) is 91.3 Å². The molecule has 14 heteroatoms. The second-order valence-corrected chi connectivity index (χ2v) is 8.63. The van der Waals surface area contributed by atoms with Crippen LogP contribution in [0.4, 0.5) is 20.2 Å². The molecule has 5 rings (SSSR count). The minimum Gasteiger partial charge on any atom is -0.477 e.